The molecule has 0 amide bonds. The van der Waals surface area contributed by atoms with Crippen LogP contribution in [0.4, 0.5) is 0 Å². The smallest absolute Gasteiger partial charge is 0.0456 e. The van der Waals surface area contributed by atoms with E-state index in [9.17, 15) is 0 Å². The summed E-state index contributed by atoms with van der Waals surface area (Å²) < 4.78 is 0. The van der Waals surface area contributed by atoms with Gasteiger partial charge >= 0.3 is 0 Å². The van der Waals surface area contributed by atoms with Crippen LogP contribution >= 0.6 is 0 Å². The zero-order chi connectivity index (χ0) is 14.9. The molecule has 1 aliphatic rings. The fraction of sp³-hybridized carbons (Fsp3) is 0.556. The highest BCUT2D eigenvalue weighted by Gasteiger charge is 2.33. The molecule has 0 radical (unpaired) electrons. The van der Waals surface area contributed by atoms with Crippen LogP contribution in [0.2, 0.25) is 0 Å². The second-order valence-corrected chi connectivity index (χ2v) is 6.91. The Kier molecular flexibility index (Phi) is 4.05. The molecule has 0 spiro atoms. The summed E-state index contributed by atoms with van der Waals surface area (Å²) in [4.78, 5) is 5.99. The van der Waals surface area contributed by atoms with Gasteiger partial charge in [-0.05, 0) is 56.8 Å². The number of benzene rings is 1. The lowest BCUT2D eigenvalue weighted by Crippen LogP contribution is -2.55. The first-order valence-electron chi connectivity index (χ1n) is 8.12. The topological polar surface area (TPSA) is 45.0 Å². The minimum absolute atomic E-state index is 0.0606. The van der Waals surface area contributed by atoms with Crippen LogP contribution in [-0.4, -0.2) is 35.1 Å². The number of nitrogens with two attached hydrogens (primary N) is 1. The molecule has 3 N–H and O–H groups in total. The monoisotopic (exact) mass is 285 g/mol. The third-order valence-electron chi connectivity index (χ3n) is 5.23. The lowest BCUT2D eigenvalue weighted by atomic mass is 9.87. The Morgan fingerprint density at radius 2 is 2.00 bits per heavy atom. The molecule has 1 aromatic heterocycles. The lowest BCUT2D eigenvalue weighted by Gasteiger charge is -2.44. The maximum Gasteiger partial charge on any atom is 0.0456 e. The third kappa shape index (κ3) is 2.85. The van der Waals surface area contributed by atoms with Crippen LogP contribution < -0.4 is 5.73 Å². The van der Waals surface area contributed by atoms with Gasteiger partial charge in [0.1, 0.15) is 0 Å². The standard InChI is InChI=1S/C18H27N3/c1-14-7-9-21(10-8-14)18(2,13-19)11-15-12-20-17-6-4-3-5-16(15)17/h3-6,12,14,20H,7-11,13,19H2,1-2H3. The fourth-order valence-electron chi connectivity index (χ4n) is 3.55. The van der Waals surface area contributed by atoms with Crippen molar-refractivity contribution in [1.29, 1.82) is 0 Å². The van der Waals surface area contributed by atoms with Crippen LogP contribution in [0.15, 0.2) is 30.5 Å². The van der Waals surface area contributed by atoms with E-state index in [0.29, 0.717) is 6.54 Å². The summed E-state index contributed by atoms with van der Waals surface area (Å²) in [5.41, 5.74) is 8.85. The first kappa shape index (κ1) is 14.6. The molecule has 0 bridgehead atoms. The number of rotatable bonds is 4. The summed E-state index contributed by atoms with van der Waals surface area (Å²) in [5, 5.41) is 1.34. The molecule has 114 valence electrons. The molecule has 3 heteroatoms. The van der Waals surface area contributed by atoms with Crippen molar-refractivity contribution in [3.8, 4) is 0 Å². The maximum absolute atomic E-state index is 6.18. The van der Waals surface area contributed by atoms with Crippen molar-refractivity contribution in [2.24, 2.45) is 11.7 Å². The molecular formula is C18H27N3. The van der Waals surface area contributed by atoms with E-state index in [2.05, 4.69) is 54.2 Å². The second-order valence-electron chi connectivity index (χ2n) is 6.91. The maximum atomic E-state index is 6.18. The molecule has 0 saturated carbocycles. The minimum Gasteiger partial charge on any atom is -0.361 e. The van der Waals surface area contributed by atoms with Crippen LogP contribution in [-0.2, 0) is 6.42 Å². The molecule has 3 rings (SSSR count). The summed E-state index contributed by atoms with van der Waals surface area (Å²) >= 11 is 0. The van der Waals surface area contributed by atoms with Crippen molar-refractivity contribution in [1.82, 2.24) is 9.88 Å². The van der Waals surface area contributed by atoms with Gasteiger partial charge < -0.3 is 10.7 Å². The summed E-state index contributed by atoms with van der Waals surface area (Å²) in [6.45, 7) is 7.75. The first-order valence-corrected chi connectivity index (χ1v) is 8.12. The lowest BCUT2D eigenvalue weighted by molar-refractivity contribution is 0.0711. The SMILES string of the molecule is CC1CCN(C(C)(CN)Cc2c[nH]c3ccccc23)CC1. The Morgan fingerprint density at radius 1 is 1.29 bits per heavy atom. The average Bonchev–Trinajstić information content (AvgIpc) is 2.91. The molecule has 1 atom stereocenters. The van der Waals surface area contributed by atoms with Gasteiger partial charge in [-0.3, -0.25) is 4.90 Å². The molecule has 1 saturated heterocycles. The summed E-state index contributed by atoms with van der Waals surface area (Å²) in [5.74, 6) is 0.858. The van der Waals surface area contributed by atoms with Crippen molar-refractivity contribution in [3.05, 3.63) is 36.0 Å². The van der Waals surface area contributed by atoms with Gasteiger partial charge in [0.15, 0.2) is 0 Å². The van der Waals surface area contributed by atoms with E-state index in [-0.39, 0.29) is 5.54 Å². The number of nitrogens with zero attached hydrogens (tertiary/aromatic N) is 1. The normalized spacial score (nSPS) is 20.7. The number of hydrogen-bond donors (Lipinski definition) is 2. The van der Waals surface area contributed by atoms with E-state index in [4.69, 9.17) is 5.73 Å². The van der Waals surface area contributed by atoms with Crippen LogP contribution in [0.1, 0.15) is 32.3 Å². The van der Waals surface area contributed by atoms with Crippen LogP contribution in [0.5, 0.6) is 0 Å². The molecule has 1 fully saturated rings. The molecule has 1 aromatic carbocycles. The largest absolute Gasteiger partial charge is 0.361 e. The number of hydrogen-bond acceptors (Lipinski definition) is 2. The number of nitrogens with one attached hydrogen (secondary N) is 1. The summed E-state index contributed by atoms with van der Waals surface area (Å²) in [6.07, 6.45) is 5.76. The number of aromatic amines is 1. The third-order valence-corrected chi connectivity index (χ3v) is 5.23. The number of likely N-dealkylation sites (tertiary alicyclic amines) is 1. The van der Waals surface area contributed by atoms with Gasteiger partial charge in [-0.15, -0.1) is 0 Å². The first-order chi connectivity index (χ1) is 10.1. The van der Waals surface area contributed by atoms with Crippen molar-refractivity contribution < 1.29 is 0 Å². The number of aromatic nitrogens is 1. The number of fused-ring (bicyclic) bond motifs is 1. The number of H-pyrrole nitrogens is 1. The second kappa shape index (κ2) is 5.82. The Bertz CT molecular complexity index is 595. The van der Waals surface area contributed by atoms with Crippen molar-refractivity contribution >= 4 is 10.9 Å². The molecule has 2 aromatic rings. The van der Waals surface area contributed by atoms with E-state index in [1.807, 2.05) is 0 Å². The van der Waals surface area contributed by atoms with E-state index in [1.165, 1.54) is 42.4 Å². The molecule has 3 nitrogen and oxygen atoms in total. The number of piperidine rings is 1. The van der Waals surface area contributed by atoms with Gasteiger partial charge in [-0.2, -0.15) is 0 Å². The van der Waals surface area contributed by atoms with Crippen LogP contribution in [0.3, 0.4) is 0 Å². The number of para-hydroxylation sites is 1. The van der Waals surface area contributed by atoms with Gasteiger partial charge in [0, 0.05) is 29.2 Å². The van der Waals surface area contributed by atoms with Gasteiger partial charge in [0.2, 0.25) is 0 Å². The quantitative estimate of drug-likeness (QED) is 0.906. The van der Waals surface area contributed by atoms with Gasteiger partial charge in [0.25, 0.3) is 0 Å². The van der Waals surface area contributed by atoms with Crippen molar-refractivity contribution in [2.45, 2.75) is 38.6 Å². The van der Waals surface area contributed by atoms with Crippen LogP contribution in [0.25, 0.3) is 10.9 Å². The van der Waals surface area contributed by atoms with E-state index in [1.54, 1.807) is 0 Å². The Labute approximate surface area is 127 Å². The molecule has 0 aliphatic carbocycles. The predicted octanol–water partition coefficient (Wildman–Crippen LogP) is 3.16. The predicted molar refractivity (Wildman–Crippen MR) is 89.4 cm³/mol. The molecule has 21 heavy (non-hydrogen) atoms. The highest BCUT2D eigenvalue weighted by molar-refractivity contribution is 5.83. The average molecular weight is 285 g/mol. The Morgan fingerprint density at radius 3 is 2.71 bits per heavy atom. The van der Waals surface area contributed by atoms with E-state index >= 15 is 0 Å². The zero-order valence-electron chi connectivity index (χ0n) is 13.2. The Balaban J connectivity index is 1.83. The molecule has 2 heterocycles. The highest BCUT2D eigenvalue weighted by atomic mass is 15.2. The van der Waals surface area contributed by atoms with Crippen molar-refractivity contribution in [2.75, 3.05) is 19.6 Å². The highest BCUT2D eigenvalue weighted by Crippen LogP contribution is 2.29. The van der Waals surface area contributed by atoms with Gasteiger partial charge in [-0.1, -0.05) is 25.1 Å². The molecular weight excluding hydrogens is 258 g/mol. The van der Waals surface area contributed by atoms with E-state index in [0.717, 1.165) is 12.3 Å². The fourth-order valence-corrected chi connectivity index (χ4v) is 3.55. The Hall–Kier alpha value is -1.32. The summed E-state index contributed by atoms with van der Waals surface area (Å²) in [6, 6.07) is 8.54. The minimum atomic E-state index is 0.0606. The zero-order valence-corrected chi connectivity index (χ0v) is 13.2. The van der Waals surface area contributed by atoms with Crippen molar-refractivity contribution in [3.63, 3.8) is 0 Å². The summed E-state index contributed by atoms with van der Waals surface area (Å²) in [7, 11) is 0. The molecule has 1 unspecified atom stereocenters. The van der Waals surface area contributed by atoms with Crippen LogP contribution in [0, 0.1) is 5.92 Å². The van der Waals surface area contributed by atoms with Gasteiger partial charge in [-0.25, -0.2) is 0 Å². The van der Waals surface area contributed by atoms with E-state index < -0.39 is 0 Å². The van der Waals surface area contributed by atoms with Gasteiger partial charge in [0.05, 0.1) is 0 Å². The molecule has 1 aliphatic heterocycles.